The summed E-state index contributed by atoms with van der Waals surface area (Å²) in [6.07, 6.45) is -0.640. The summed E-state index contributed by atoms with van der Waals surface area (Å²) in [7, 11) is 0. The molecule has 0 bridgehead atoms. The molecule has 2 aromatic rings. The molecule has 2 N–H and O–H groups in total. The van der Waals surface area contributed by atoms with Gasteiger partial charge in [-0.3, -0.25) is 14.4 Å². The second-order valence-electron chi connectivity index (χ2n) is 6.18. The van der Waals surface area contributed by atoms with Gasteiger partial charge in [0, 0.05) is 6.92 Å². The number of ether oxygens (including phenoxy) is 2. The number of amides is 1. The lowest BCUT2D eigenvalue weighted by molar-refractivity contribution is -0.137. The number of hydrogen-bond donors (Lipinski definition) is 2. The predicted molar refractivity (Wildman–Crippen MR) is 110 cm³/mol. The van der Waals surface area contributed by atoms with Crippen LogP contribution in [0.5, 0.6) is 5.75 Å². The molecule has 0 aromatic heterocycles. The molecule has 0 spiro atoms. The maximum atomic E-state index is 12.2. The molecular weight excluding hydrogens is 410 g/mol. The van der Waals surface area contributed by atoms with Gasteiger partial charge in [-0.25, -0.2) is 4.79 Å². The van der Waals surface area contributed by atoms with Crippen LogP contribution < -0.4 is 10.1 Å². The van der Waals surface area contributed by atoms with Crippen LogP contribution >= 0.6 is 11.8 Å². The second kappa shape index (κ2) is 11.6. The number of aliphatic carboxylic acids is 1. The second-order valence-corrected chi connectivity index (χ2v) is 7.56. The molecule has 0 saturated heterocycles. The molecule has 0 saturated carbocycles. The molecule has 8 nitrogen and oxygen atoms in total. The van der Waals surface area contributed by atoms with Crippen molar-refractivity contribution >= 4 is 34.9 Å². The summed E-state index contributed by atoms with van der Waals surface area (Å²) in [5.74, 6) is -1.44. The zero-order chi connectivity index (χ0) is 21.9. The van der Waals surface area contributed by atoms with Crippen LogP contribution in [0.3, 0.4) is 0 Å². The summed E-state index contributed by atoms with van der Waals surface area (Å²) in [6.45, 7) is 0.902. The molecule has 2 rings (SSSR count). The molecule has 1 amide bonds. The van der Waals surface area contributed by atoms with E-state index >= 15 is 0 Å². The first-order valence-corrected chi connectivity index (χ1v) is 9.85. The zero-order valence-electron chi connectivity index (χ0n) is 16.2. The quantitative estimate of drug-likeness (QED) is 0.460. The number of carboxylic acids is 1. The Labute approximate surface area is 177 Å². The van der Waals surface area contributed by atoms with Crippen molar-refractivity contribution in [2.75, 3.05) is 6.54 Å². The highest BCUT2D eigenvalue weighted by molar-refractivity contribution is 8.14. The van der Waals surface area contributed by atoms with Crippen LogP contribution in [0.15, 0.2) is 54.6 Å². The number of thioether (sulfide) groups is 1. The average Bonchev–Trinajstić information content (AvgIpc) is 2.72. The van der Waals surface area contributed by atoms with E-state index in [0.717, 1.165) is 17.3 Å². The first-order valence-electron chi connectivity index (χ1n) is 8.97. The summed E-state index contributed by atoms with van der Waals surface area (Å²) in [5, 5.41) is 9.93. The largest absolute Gasteiger partial charge is 0.514 e. The van der Waals surface area contributed by atoms with E-state index in [9.17, 15) is 19.2 Å². The fourth-order valence-corrected chi connectivity index (χ4v) is 3.28. The van der Waals surface area contributed by atoms with Crippen molar-refractivity contribution in [1.29, 1.82) is 0 Å². The highest BCUT2D eigenvalue weighted by Crippen LogP contribution is 2.20. The lowest BCUT2D eigenvalue weighted by Gasteiger charge is -2.14. The third kappa shape index (κ3) is 8.36. The highest BCUT2D eigenvalue weighted by atomic mass is 32.2. The molecule has 0 aliphatic carbocycles. The Hall–Kier alpha value is -3.33. The van der Waals surface area contributed by atoms with Crippen LogP contribution in [0.4, 0.5) is 4.79 Å². The molecule has 1 atom stereocenters. The van der Waals surface area contributed by atoms with Crippen molar-refractivity contribution in [3.63, 3.8) is 0 Å². The van der Waals surface area contributed by atoms with Crippen molar-refractivity contribution in [1.82, 2.24) is 5.32 Å². The molecule has 0 radical (unpaired) electrons. The number of benzene rings is 2. The normalized spacial score (nSPS) is 11.2. The number of carbonyl (C=O) groups excluding carboxylic acids is 3. The minimum Gasteiger partial charge on any atom is -0.480 e. The van der Waals surface area contributed by atoms with E-state index in [-0.39, 0.29) is 23.9 Å². The SMILES string of the molecule is CC(=O)SC(Cc1ccc(OC(=O)OCc2ccccc2)cc1)C(=O)NCC(=O)O. The molecule has 2 aromatic carbocycles. The molecule has 0 heterocycles. The van der Waals surface area contributed by atoms with Gasteiger partial charge in [-0.15, -0.1) is 0 Å². The number of carbonyl (C=O) groups is 4. The third-order valence-corrected chi connectivity index (χ3v) is 4.76. The van der Waals surface area contributed by atoms with Crippen molar-refractivity contribution < 1.29 is 33.8 Å². The van der Waals surface area contributed by atoms with Crippen molar-refractivity contribution in [3.8, 4) is 5.75 Å². The molecule has 1 unspecified atom stereocenters. The number of nitrogens with one attached hydrogen (secondary N) is 1. The van der Waals surface area contributed by atoms with E-state index < -0.39 is 29.8 Å². The minimum atomic E-state index is -1.17. The van der Waals surface area contributed by atoms with E-state index in [1.165, 1.54) is 6.92 Å². The Morgan fingerprint density at radius 2 is 1.67 bits per heavy atom. The van der Waals surface area contributed by atoms with E-state index in [2.05, 4.69) is 5.32 Å². The summed E-state index contributed by atoms with van der Waals surface area (Å²) in [4.78, 5) is 46.0. The first kappa shape index (κ1) is 23.0. The Kier molecular flexibility index (Phi) is 8.89. The van der Waals surface area contributed by atoms with Gasteiger partial charge >= 0.3 is 12.1 Å². The summed E-state index contributed by atoms with van der Waals surface area (Å²) in [6, 6.07) is 15.6. The van der Waals surface area contributed by atoms with Gasteiger partial charge < -0.3 is 19.9 Å². The first-order chi connectivity index (χ1) is 14.3. The van der Waals surface area contributed by atoms with E-state index in [1.54, 1.807) is 24.3 Å². The number of hydrogen-bond acceptors (Lipinski definition) is 7. The molecule has 158 valence electrons. The highest BCUT2D eigenvalue weighted by Gasteiger charge is 2.22. The molecule has 0 aliphatic rings. The van der Waals surface area contributed by atoms with Gasteiger partial charge in [0.2, 0.25) is 5.91 Å². The summed E-state index contributed by atoms with van der Waals surface area (Å²) < 4.78 is 10.2. The smallest absolute Gasteiger partial charge is 0.480 e. The van der Waals surface area contributed by atoms with Crippen molar-refractivity contribution in [3.05, 3.63) is 65.7 Å². The Morgan fingerprint density at radius 1 is 1.00 bits per heavy atom. The Balaban J connectivity index is 1.90. The maximum Gasteiger partial charge on any atom is 0.514 e. The molecule has 0 aliphatic heterocycles. The van der Waals surface area contributed by atoms with Gasteiger partial charge in [-0.1, -0.05) is 54.2 Å². The maximum absolute atomic E-state index is 12.2. The van der Waals surface area contributed by atoms with E-state index in [4.69, 9.17) is 14.6 Å². The Morgan fingerprint density at radius 3 is 2.27 bits per heavy atom. The zero-order valence-corrected chi connectivity index (χ0v) is 17.0. The fraction of sp³-hybridized carbons (Fsp3) is 0.238. The molecule has 9 heteroatoms. The van der Waals surface area contributed by atoms with Gasteiger partial charge in [0.05, 0.1) is 5.25 Å². The van der Waals surface area contributed by atoms with Crippen LogP contribution in [0, 0.1) is 0 Å². The predicted octanol–water partition coefficient (Wildman–Crippen LogP) is 2.79. The van der Waals surface area contributed by atoms with Crippen molar-refractivity contribution in [2.45, 2.75) is 25.2 Å². The summed E-state index contributed by atoms with van der Waals surface area (Å²) >= 11 is 0.824. The monoisotopic (exact) mass is 431 g/mol. The fourth-order valence-electron chi connectivity index (χ4n) is 2.41. The van der Waals surface area contributed by atoms with Gasteiger partial charge in [-0.05, 0) is 29.7 Å². The third-order valence-electron chi connectivity index (χ3n) is 3.76. The average molecular weight is 431 g/mol. The van der Waals surface area contributed by atoms with Crippen LogP contribution in [0.1, 0.15) is 18.1 Å². The lowest BCUT2D eigenvalue weighted by atomic mass is 10.1. The molecule has 0 fully saturated rings. The Bertz CT molecular complexity index is 884. The van der Waals surface area contributed by atoms with Crippen LogP contribution in [-0.4, -0.2) is 40.0 Å². The molecule has 30 heavy (non-hydrogen) atoms. The van der Waals surface area contributed by atoms with Gasteiger partial charge in [-0.2, -0.15) is 0 Å². The van der Waals surface area contributed by atoms with Gasteiger partial charge in [0.15, 0.2) is 5.12 Å². The van der Waals surface area contributed by atoms with Gasteiger partial charge in [0.1, 0.15) is 18.9 Å². The van der Waals surface area contributed by atoms with E-state index in [1.807, 2.05) is 30.3 Å². The molecular formula is C21H21NO7S. The van der Waals surface area contributed by atoms with Crippen molar-refractivity contribution in [2.24, 2.45) is 0 Å². The van der Waals surface area contributed by atoms with Crippen LogP contribution in [0.25, 0.3) is 0 Å². The minimum absolute atomic E-state index is 0.0904. The number of rotatable bonds is 9. The standard InChI is InChI=1S/C21H21NO7S/c1-14(23)30-18(20(26)22-12-19(24)25)11-15-7-9-17(10-8-15)29-21(27)28-13-16-5-3-2-4-6-16/h2-10,18H,11-13H2,1H3,(H,22,26)(H,24,25). The lowest BCUT2D eigenvalue weighted by Crippen LogP contribution is -2.37. The topological polar surface area (TPSA) is 119 Å². The van der Waals surface area contributed by atoms with Gasteiger partial charge in [0.25, 0.3) is 0 Å². The number of carboxylic acid groups (broad SMARTS) is 1. The summed E-state index contributed by atoms with van der Waals surface area (Å²) in [5.41, 5.74) is 1.55. The van der Waals surface area contributed by atoms with E-state index in [0.29, 0.717) is 5.56 Å². The van der Waals surface area contributed by atoms with Crippen LogP contribution in [-0.2, 0) is 32.1 Å². The van der Waals surface area contributed by atoms with Crippen LogP contribution in [0.2, 0.25) is 0 Å².